The number of aromatic hydroxyl groups is 1. The number of aromatic amines is 1. The second kappa shape index (κ2) is 10.5. The molecule has 0 radical (unpaired) electrons. The molecule has 0 bridgehead atoms. The first-order valence-electron chi connectivity index (χ1n) is 12.1. The Morgan fingerprint density at radius 2 is 1.73 bits per heavy atom. The number of benzene rings is 2. The highest BCUT2D eigenvalue weighted by molar-refractivity contribution is 5.80. The topological polar surface area (TPSA) is 135 Å². The van der Waals surface area contributed by atoms with E-state index < -0.39 is 0 Å². The SMILES string of the molecule is CCCCc1nc(C)n(-c2ncc(O)cn2)c(=O)c1Cc1ccc(-c2ccccc2-c2nn[nH]n2)cc1. The first-order valence-corrected chi connectivity index (χ1v) is 12.1. The van der Waals surface area contributed by atoms with E-state index >= 15 is 0 Å². The minimum atomic E-state index is -0.198. The Balaban J connectivity index is 1.51. The van der Waals surface area contributed by atoms with E-state index in [0.29, 0.717) is 23.6 Å². The molecule has 0 fully saturated rings. The third kappa shape index (κ3) is 4.99. The molecule has 0 aliphatic heterocycles. The van der Waals surface area contributed by atoms with Crippen molar-refractivity contribution in [3.63, 3.8) is 0 Å². The lowest BCUT2D eigenvalue weighted by Crippen LogP contribution is -2.29. The van der Waals surface area contributed by atoms with Crippen molar-refractivity contribution in [2.45, 2.75) is 39.5 Å². The number of tetrazole rings is 1. The molecule has 37 heavy (non-hydrogen) atoms. The zero-order valence-electron chi connectivity index (χ0n) is 20.6. The number of aryl methyl sites for hydroxylation is 2. The average molecular weight is 495 g/mol. The van der Waals surface area contributed by atoms with Gasteiger partial charge in [0.1, 0.15) is 5.82 Å². The van der Waals surface area contributed by atoms with Gasteiger partial charge in [-0.25, -0.2) is 19.5 Å². The summed E-state index contributed by atoms with van der Waals surface area (Å²) in [5, 5.41) is 24.0. The molecule has 3 heterocycles. The van der Waals surface area contributed by atoms with Gasteiger partial charge in [-0.3, -0.25) is 4.79 Å². The first-order chi connectivity index (χ1) is 18.0. The second-order valence-electron chi connectivity index (χ2n) is 8.72. The fourth-order valence-electron chi connectivity index (χ4n) is 4.32. The van der Waals surface area contributed by atoms with Crippen molar-refractivity contribution in [3.8, 4) is 34.2 Å². The molecule has 0 aliphatic carbocycles. The average Bonchev–Trinajstić information content (AvgIpc) is 3.46. The molecule has 10 nitrogen and oxygen atoms in total. The predicted octanol–water partition coefficient (Wildman–Crippen LogP) is 3.82. The van der Waals surface area contributed by atoms with Crippen LogP contribution in [-0.2, 0) is 12.8 Å². The maximum atomic E-state index is 13.7. The number of unbranched alkanes of at least 4 members (excludes halogenated alkanes) is 1. The third-order valence-corrected chi connectivity index (χ3v) is 6.18. The molecule has 0 saturated carbocycles. The summed E-state index contributed by atoms with van der Waals surface area (Å²) in [6.07, 6.45) is 5.61. The summed E-state index contributed by atoms with van der Waals surface area (Å²) < 4.78 is 1.40. The molecule has 5 rings (SSSR count). The van der Waals surface area contributed by atoms with E-state index in [9.17, 15) is 9.90 Å². The van der Waals surface area contributed by atoms with Crippen LogP contribution in [0.5, 0.6) is 5.75 Å². The zero-order chi connectivity index (χ0) is 25.8. The fourth-order valence-corrected chi connectivity index (χ4v) is 4.32. The standard InChI is InChI=1S/C27H26N8O2/c1-3-4-9-24-23(26(37)35(17(2)30-24)27-28-15-20(36)16-29-27)14-18-10-12-19(13-11-18)21-7-5-6-8-22(21)25-31-33-34-32-25/h5-8,10-13,15-16,36H,3-4,9,14H2,1-2H3,(H,31,32,33,34). The molecule has 2 N–H and O–H groups in total. The van der Waals surface area contributed by atoms with Crippen molar-refractivity contribution >= 4 is 0 Å². The van der Waals surface area contributed by atoms with Crippen LogP contribution < -0.4 is 5.56 Å². The van der Waals surface area contributed by atoms with E-state index in [1.54, 1.807) is 6.92 Å². The Hall–Kier alpha value is -4.73. The summed E-state index contributed by atoms with van der Waals surface area (Å²) in [6, 6.07) is 16.0. The fraction of sp³-hybridized carbons (Fsp3) is 0.222. The van der Waals surface area contributed by atoms with Crippen LogP contribution in [0.1, 0.15) is 42.4 Å². The van der Waals surface area contributed by atoms with Gasteiger partial charge in [0, 0.05) is 17.5 Å². The van der Waals surface area contributed by atoms with Crippen LogP contribution in [0.25, 0.3) is 28.5 Å². The van der Waals surface area contributed by atoms with Gasteiger partial charge in [0.25, 0.3) is 5.56 Å². The molecule has 10 heteroatoms. The Kier molecular flexibility index (Phi) is 6.80. The largest absolute Gasteiger partial charge is 0.505 e. The molecule has 2 aromatic carbocycles. The van der Waals surface area contributed by atoms with Crippen LogP contribution in [0.2, 0.25) is 0 Å². The number of hydrogen-bond acceptors (Lipinski definition) is 8. The van der Waals surface area contributed by atoms with Crippen molar-refractivity contribution in [1.82, 2.24) is 40.1 Å². The van der Waals surface area contributed by atoms with Crippen LogP contribution in [0.15, 0.2) is 65.7 Å². The second-order valence-corrected chi connectivity index (χ2v) is 8.72. The monoisotopic (exact) mass is 494 g/mol. The maximum absolute atomic E-state index is 13.7. The summed E-state index contributed by atoms with van der Waals surface area (Å²) >= 11 is 0. The van der Waals surface area contributed by atoms with Gasteiger partial charge in [0.2, 0.25) is 11.8 Å². The van der Waals surface area contributed by atoms with Crippen molar-refractivity contribution < 1.29 is 5.11 Å². The van der Waals surface area contributed by atoms with Crippen LogP contribution in [0.4, 0.5) is 0 Å². The van der Waals surface area contributed by atoms with E-state index in [2.05, 4.69) is 37.5 Å². The van der Waals surface area contributed by atoms with Crippen LogP contribution >= 0.6 is 0 Å². The molecular formula is C27H26N8O2. The highest BCUT2D eigenvalue weighted by Gasteiger charge is 2.18. The Labute approximate surface area is 213 Å². The summed E-state index contributed by atoms with van der Waals surface area (Å²) in [5.41, 5.74) is 5.08. The van der Waals surface area contributed by atoms with Gasteiger partial charge in [0.15, 0.2) is 5.75 Å². The smallest absolute Gasteiger partial charge is 0.264 e. The molecule has 0 aliphatic rings. The molecule has 5 aromatic rings. The lowest BCUT2D eigenvalue weighted by atomic mass is 9.96. The number of rotatable bonds is 8. The number of H-pyrrole nitrogens is 1. The summed E-state index contributed by atoms with van der Waals surface area (Å²) in [4.78, 5) is 26.7. The summed E-state index contributed by atoms with van der Waals surface area (Å²) in [6.45, 7) is 3.88. The normalized spacial score (nSPS) is 11.1. The number of hydrogen-bond donors (Lipinski definition) is 2. The van der Waals surface area contributed by atoms with Gasteiger partial charge in [0.05, 0.1) is 18.1 Å². The van der Waals surface area contributed by atoms with Crippen LogP contribution in [-0.4, -0.2) is 45.2 Å². The molecule has 0 saturated heterocycles. The number of aromatic nitrogens is 8. The first kappa shape index (κ1) is 24.0. The molecule has 0 spiro atoms. The minimum absolute atomic E-state index is 0.0665. The van der Waals surface area contributed by atoms with Crippen LogP contribution in [0.3, 0.4) is 0 Å². The maximum Gasteiger partial charge on any atom is 0.264 e. The van der Waals surface area contributed by atoms with Gasteiger partial charge in [-0.1, -0.05) is 61.9 Å². The van der Waals surface area contributed by atoms with E-state index in [-0.39, 0.29) is 17.3 Å². The number of nitrogens with one attached hydrogen (secondary N) is 1. The Morgan fingerprint density at radius 3 is 2.41 bits per heavy atom. The van der Waals surface area contributed by atoms with Gasteiger partial charge in [-0.2, -0.15) is 5.21 Å². The van der Waals surface area contributed by atoms with Gasteiger partial charge in [-0.05, 0) is 41.7 Å². The van der Waals surface area contributed by atoms with E-state index in [4.69, 9.17) is 4.98 Å². The lowest BCUT2D eigenvalue weighted by Gasteiger charge is -2.15. The van der Waals surface area contributed by atoms with Crippen molar-refractivity contribution in [2.75, 3.05) is 0 Å². The Morgan fingerprint density at radius 1 is 1.00 bits per heavy atom. The third-order valence-electron chi connectivity index (χ3n) is 6.18. The van der Waals surface area contributed by atoms with Gasteiger partial charge in [-0.15, -0.1) is 10.2 Å². The molecule has 0 unspecified atom stereocenters. The Bertz CT molecular complexity index is 1560. The predicted molar refractivity (Wildman–Crippen MR) is 138 cm³/mol. The van der Waals surface area contributed by atoms with E-state index in [1.165, 1.54) is 17.0 Å². The quantitative estimate of drug-likeness (QED) is 0.332. The molecule has 0 atom stereocenters. The van der Waals surface area contributed by atoms with Crippen LogP contribution in [0, 0.1) is 6.92 Å². The molecule has 0 amide bonds. The number of nitrogens with zero attached hydrogens (tertiary/aromatic N) is 7. The van der Waals surface area contributed by atoms with E-state index in [0.717, 1.165) is 47.2 Å². The van der Waals surface area contributed by atoms with E-state index in [1.807, 2.05) is 48.5 Å². The minimum Gasteiger partial charge on any atom is -0.505 e. The van der Waals surface area contributed by atoms with Crippen molar-refractivity contribution in [2.24, 2.45) is 0 Å². The molecular weight excluding hydrogens is 468 g/mol. The highest BCUT2D eigenvalue weighted by Crippen LogP contribution is 2.30. The zero-order valence-corrected chi connectivity index (χ0v) is 20.6. The van der Waals surface area contributed by atoms with Crippen molar-refractivity contribution in [1.29, 1.82) is 0 Å². The summed E-state index contributed by atoms with van der Waals surface area (Å²) in [5.74, 6) is 1.16. The lowest BCUT2D eigenvalue weighted by molar-refractivity contribution is 0.468. The molecule has 186 valence electrons. The van der Waals surface area contributed by atoms with Gasteiger partial charge < -0.3 is 5.11 Å². The van der Waals surface area contributed by atoms with Crippen molar-refractivity contribution in [3.05, 3.63) is 93.9 Å². The highest BCUT2D eigenvalue weighted by atomic mass is 16.3. The van der Waals surface area contributed by atoms with Gasteiger partial charge >= 0.3 is 0 Å². The summed E-state index contributed by atoms with van der Waals surface area (Å²) in [7, 11) is 0. The molecule has 3 aromatic heterocycles.